The lowest BCUT2D eigenvalue weighted by Crippen LogP contribution is -2.11. The van der Waals surface area contributed by atoms with E-state index in [1.165, 1.54) is 0 Å². The summed E-state index contributed by atoms with van der Waals surface area (Å²) in [5.74, 6) is 0.414. The van der Waals surface area contributed by atoms with E-state index in [1.54, 1.807) is 16.9 Å². The van der Waals surface area contributed by atoms with Crippen LogP contribution in [-0.2, 0) is 11.3 Å². The number of nitrogens with two attached hydrogens (primary N) is 1. The average molecular weight is 237 g/mol. The van der Waals surface area contributed by atoms with E-state index in [9.17, 15) is 13.2 Å². The summed E-state index contributed by atoms with van der Waals surface area (Å²) in [4.78, 5) is 0. The summed E-state index contributed by atoms with van der Waals surface area (Å²) in [6.45, 7) is 0.929. The molecule has 0 atom stereocenters. The van der Waals surface area contributed by atoms with Crippen LogP contribution in [0, 0.1) is 0 Å². The van der Waals surface area contributed by atoms with Crippen molar-refractivity contribution in [1.82, 2.24) is 9.78 Å². The molecule has 0 radical (unpaired) electrons. The van der Waals surface area contributed by atoms with Crippen molar-refractivity contribution >= 4 is 5.82 Å². The molecule has 0 aliphatic heterocycles. The highest BCUT2D eigenvalue weighted by atomic mass is 19.4. The lowest BCUT2D eigenvalue weighted by atomic mass is 10.3. The fourth-order valence-electron chi connectivity index (χ4n) is 1.14. The van der Waals surface area contributed by atoms with Gasteiger partial charge in [0, 0.05) is 19.2 Å². The molecule has 0 spiro atoms. The van der Waals surface area contributed by atoms with Crippen molar-refractivity contribution in [3.63, 3.8) is 0 Å². The third-order valence-electron chi connectivity index (χ3n) is 1.87. The molecular weight excluding hydrogens is 223 g/mol. The molecule has 0 saturated heterocycles. The van der Waals surface area contributed by atoms with Gasteiger partial charge in [0.25, 0.3) is 0 Å². The molecule has 16 heavy (non-hydrogen) atoms. The Labute approximate surface area is 91.2 Å². The van der Waals surface area contributed by atoms with E-state index >= 15 is 0 Å². The lowest BCUT2D eigenvalue weighted by Gasteiger charge is -2.06. The highest BCUT2D eigenvalue weighted by Crippen LogP contribution is 2.20. The summed E-state index contributed by atoms with van der Waals surface area (Å²) in [6.07, 6.45) is -3.22. The van der Waals surface area contributed by atoms with Crippen molar-refractivity contribution in [1.29, 1.82) is 0 Å². The van der Waals surface area contributed by atoms with Gasteiger partial charge in [0.2, 0.25) is 0 Å². The Morgan fingerprint density at radius 1 is 1.38 bits per heavy atom. The Morgan fingerprint density at radius 3 is 2.69 bits per heavy atom. The zero-order chi connectivity index (χ0) is 12.0. The molecule has 4 nitrogen and oxygen atoms in total. The van der Waals surface area contributed by atoms with Crippen molar-refractivity contribution < 1.29 is 17.9 Å². The molecule has 1 heterocycles. The van der Waals surface area contributed by atoms with E-state index in [0.717, 1.165) is 0 Å². The third kappa shape index (κ3) is 5.59. The maximum atomic E-state index is 11.7. The summed E-state index contributed by atoms with van der Waals surface area (Å²) < 4.78 is 41.9. The van der Waals surface area contributed by atoms with E-state index in [1.807, 2.05) is 0 Å². The van der Waals surface area contributed by atoms with Crippen molar-refractivity contribution in [2.45, 2.75) is 25.6 Å². The van der Waals surface area contributed by atoms with Gasteiger partial charge < -0.3 is 10.5 Å². The second-order valence-corrected chi connectivity index (χ2v) is 3.33. The van der Waals surface area contributed by atoms with Crippen LogP contribution in [0.15, 0.2) is 12.3 Å². The van der Waals surface area contributed by atoms with Gasteiger partial charge in [0.1, 0.15) is 5.82 Å². The predicted molar refractivity (Wildman–Crippen MR) is 52.7 cm³/mol. The van der Waals surface area contributed by atoms with Gasteiger partial charge in [-0.05, 0) is 12.5 Å². The minimum Gasteiger partial charge on any atom is -0.382 e. The van der Waals surface area contributed by atoms with Crippen LogP contribution < -0.4 is 5.73 Å². The molecule has 0 aliphatic carbocycles. The Hall–Kier alpha value is -1.24. The van der Waals surface area contributed by atoms with Crippen LogP contribution in [0.3, 0.4) is 0 Å². The molecule has 1 aromatic heterocycles. The highest BCUT2D eigenvalue weighted by molar-refractivity contribution is 5.23. The SMILES string of the molecule is Nc1ccn(CCOCCCC(F)(F)F)n1. The van der Waals surface area contributed by atoms with Crippen molar-refractivity contribution in [2.75, 3.05) is 18.9 Å². The highest BCUT2D eigenvalue weighted by Gasteiger charge is 2.25. The molecule has 0 saturated carbocycles. The number of halogens is 3. The number of nitrogens with zero attached hydrogens (tertiary/aromatic N) is 2. The van der Waals surface area contributed by atoms with Crippen LogP contribution in [-0.4, -0.2) is 29.2 Å². The Bertz CT molecular complexity index is 311. The minimum absolute atomic E-state index is 0.00918. The number of ether oxygens (including phenoxy) is 1. The topological polar surface area (TPSA) is 53.1 Å². The first-order valence-electron chi connectivity index (χ1n) is 4.91. The lowest BCUT2D eigenvalue weighted by molar-refractivity contribution is -0.137. The van der Waals surface area contributed by atoms with Crippen LogP contribution >= 0.6 is 0 Å². The van der Waals surface area contributed by atoms with Crippen LogP contribution in [0.4, 0.5) is 19.0 Å². The number of hydrogen-bond donors (Lipinski definition) is 1. The van der Waals surface area contributed by atoms with Gasteiger partial charge in [0.15, 0.2) is 0 Å². The number of nitrogen functional groups attached to an aromatic ring is 1. The summed E-state index contributed by atoms with van der Waals surface area (Å²) in [5.41, 5.74) is 5.38. The second-order valence-electron chi connectivity index (χ2n) is 3.33. The molecule has 2 N–H and O–H groups in total. The zero-order valence-electron chi connectivity index (χ0n) is 8.70. The Balaban J connectivity index is 2.00. The molecule has 7 heteroatoms. The fourth-order valence-corrected chi connectivity index (χ4v) is 1.14. The Kier molecular flexibility index (Phi) is 4.60. The summed E-state index contributed by atoms with van der Waals surface area (Å²) >= 11 is 0. The minimum atomic E-state index is -4.10. The fraction of sp³-hybridized carbons (Fsp3) is 0.667. The molecule has 1 rings (SSSR count). The summed E-state index contributed by atoms with van der Waals surface area (Å²) in [6, 6.07) is 1.64. The molecular formula is C9H14F3N3O. The third-order valence-corrected chi connectivity index (χ3v) is 1.87. The van der Waals surface area contributed by atoms with Crippen LogP contribution in [0.5, 0.6) is 0 Å². The second kappa shape index (κ2) is 5.74. The van der Waals surface area contributed by atoms with Crippen LogP contribution in [0.1, 0.15) is 12.8 Å². The number of alkyl halides is 3. The van der Waals surface area contributed by atoms with Crippen molar-refractivity contribution in [3.05, 3.63) is 12.3 Å². The van der Waals surface area contributed by atoms with Gasteiger partial charge in [-0.15, -0.1) is 0 Å². The summed E-state index contributed by atoms with van der Waals surface area (Å²) in [5, 5.41) is 3.90. The van der Waals surface area contributed by atoms with Gasteiger partial charge in [-0.3, -0.25) is 4.68 Å². The molecule has 0 aromatic carbocycles. The smallest absolute Gasteiger partial charge is 0.382 e. The zero-order valence-corrected chi connectivity index (χ0v) is 8.70. The van der Waals surface area contributed by atoms with E-state index in [0.29, 0.717) is 19.0 Å². The average Bonchev–Trinajstić information content (AvgIpc) is 2.56. The molecule has 0 amide bonds. The molecule has 0 fully saturated rings. The van der Waals surface area contributed by atoms with E-state index in [4.69, 9.17) is 10.5 Å². The number of rotatable bonds is 6. The number of aromatic nitrogens is 2. The standard InChI is InChI=1S/C9H14F3N3O/c10-9(11,12)3-1-6-16-7-5-15-4-2-8(13)14-15/h2,4H,1,3,5-7H2,(H2,13,14). The quantitative estimate of drug-likeness (QED) is 0.768. The van der Waals surface area contributed by atoms with E-state index in [2.05, 4.69) is 5.10 Å². The van der Waals surface area contributed by atoms with Gasteiger partial charge >= 0.3 is 6.18 Å². The maximum absolute atomic E-state index is 11.7. The maximum Gasteiger partial charge on any atom is 0.389 e. The van der Waals surface area contributed by atoms with E-state index in [-0.39, 0.29) is 13.0 Å². The number of hydrogen-bond acceptors (Lipinski definition) is 3. The van der Waals surface area contributed by atoms with Crippen LogP contribution in [0.2, 0.25) is 0 Å². The van der Waals surface area contributed by atoms with Gasteiger partial charge in [-0.25, -0.2) is 0 Å². The molecule has 0 aliphatic rings. The molecule has 0 unspecified atom stereocenters. The number of anilines is 1. The van der Waals surface area contributed by atoms with Crippen molar-refractivity contribution in [2.24, 2.45) is 0 Å². The first-order chi connectivity index (χ1) is 7.47. The largest absolute Gasteiger partial charge is 0.389 e. The van der Waals surface area contributed by atoms with Crippen LogP contribution in [0.25, 0.3) is 0 Å². The monoisotopic (exact) mass is 237 g/mol. The van der Waals surface area contributed by atoms with Crippen molar-refractivity contribution in [3.8, 4) is 0 Å². The molecule has 0 bridgehead atoms. The normalized spacial score (nSPS) is 11.9. The first-order valence-corrected chi connectivity index (χ1v) is 4.91. The molecule has 92 valence electrons. The Morgan fingerprint density at radius 2 is 2.12 bits per heavy atom. The van der Waals surface area contributed by atoms with Gasteiger partial charge in [0.05, 0.1) is 13.2 Å². The summed E-state index contributed by atoms with van der Waals surface area (Å²) in [7, 11) is 0. The van der Waals surface area contributed by atoms with Gasteiger partial charge in [-0.2, -0.15) is 18.3 Å². The predicted octanol–water partition coefficient (Wildman–Crippen LogP) is 1.82. The first kappa shape index (κ1) is 12.8. The van der Waals surface area contributed by atoms with E-state index < -0.39 is 12.6 Å². The molecule has 1 aromatic rings. The van der Waals surface area contributed by atoms with Gasteiger partial charge in [-0.1, -0.05) is 0 Å².